The fraction of sp³-hybridized carbons (Fsp3) is 0.754. The summed E-state index contributed by atoms with van der Waals surface area (Å²) in [6, 6.07) is 2.20. The first kappa shape index (κ1) is 65.4. The molecule has 4 aromatic heterocycles. The van der Waals surface area contributed by atoms with E-state index in [9.17, 15) is 5.11 Å². The SMILES string of the molecule is CC(C)(C)c1cc[nH]c1C(C)(C)C.CC(C)(C)c1ncoc1C(C)(C)C.COC1(O)CCOC(C(C)(C)C)=C1C(C)(C)C.Cc1noc(C(C)(C)C)c1C(C)(C)C.Cn1cnc(C(C)(C)C)c1C(C)(C)C. The Morgan fingerprint density at radius 3 is 1.39 bits per heavy atom. The van der Waals surface area contributed by atoms with E-state index in [0.717, 1.165) is 34.2 Å². The standard InChI is InChI=1S/C14H26O3.C12H22N2.C12H21NO.C12H21N.C11H19NO/c1-12(2,3)10-11(13(4,5)6)17-9-8-14(10,15)16-7;1-11(2,3)9-10(12(4,5)6)14(7)8-13-9;1-8-9(11(2,3)4)10(14-13-8)12(5,6)7;1-11(2,3)9-7-8-13-10(9)12(4,5)6;1-10(2,3)8-9(11(4,5)6)13-7-12-8/h15H,8-9H2,1-7H3;8H,1-7H3;1-7H3;7-8,13H,1-6H3;7H,1-6H3. The first-order valence-electron chi connectivity index (χ1n) is 26.0. The van der Waals surface area contributed by atoms with E-state index in [4.69, 9.17) is 18.4 Å². The number of nitrogens with one attached hydrogen (secondary N) is 1. The third kappa shape index (κ3) is 18.4. The van der Waals surface area contributed by atoms with Gasteiger partial charge in [-0.3, -0.25) is 0 Å². The van der Waals surface area contributed by atoms with Crippen LogP contribution in [0.2, 0.25) is 0 Å². The van der Waals surface area contributed by atoms with Crippen LogP contribution in [-0.2, 0) is 59.8 Å². The highest BCUT2D eigenvalue weighted by atomic mass is 16.6. The van der Waals surface area contributed by atoms with Gasteiger partial charge in [-0.1, -0.05) is 213 Å². The molecular formula is C61H109N5O5. The number of nitrogens with zero attached hydrogens (tertiary/aromatic N) is 4. The lowest BCUT2D eigenvalue weighted by molar-refractivity contribution is -0.189. The van der Waals surface area contributed by atoms with Crippen molar-refractivity contribution < 1.29 is 23.5 Å². The summed E-state index contributed by atoms with van der Waals surface area (Å²) in [5, 5.41) is 14.7. The summed E-state index contributed by atoms with van der Waals surface area (Å²) in [6.45, 7) is 67.8. The normalized spacial score (nSPS) is 16.6. The predicted octanol–water partition coefficient (Wildman–Crippen LogP) is 16.6. The van der Waals surface area contributed by atoms with Crippen molar-refractivity contribution in [2.24, 2.45) is 17.9 Å². The van der Waals surface area contributed by atoms with Gasteiger partial charge in [0.2, 0.25) is 0 Å². The molecule has 1 unspecified atom stereocenters. The van der Waals surface area contributed by atoms with E-state index in [1.165, 1.54) is 28.2 Å². The minimum Gasteiger partial charge on any atom is -0.497 e. The molecule has 1 aliphatic rings. The van der Waals surface area contributed by atoms with Gasteiger partial charge >= 0.3 is 0 Å². The van der Waals surface area contributed by atoms with Gasteiger partial charge in [0.1, 0.15) is 17.3 Å². The summed E-state index contributed by atoms with van der Waals surface area (Å²) >= 11 is 0. The van der Waals surface area contributed by atoms with Crippen LogP contribution in [-0.4, -0.2) is 49.3 Å². The molecule has 5 heterocycles. The number of methoxy groups -OCH3 is 1. The lowest BCUT2D eigenvalue weighted by atomic mass is 9.74. The number of imidazole rings is 1. The van der Waals surface area contributed by atoms with Crippen LogP contribution >= 0.6 is 0 Å². The molecule has 71 heavy (non-hydrogen) atoms. The summed E-state index contributed by atoms with van der Waals surface area (Å²) in [5.41, 5.74) is 10.2. The zero-order valence-electron chi connectivity index (χ0n) is 52.1. The quantitative estimate of drug-likeness (QED) is 0.181. The molecular weight excluding hydrogens is 883 g/mol. The number of hydrogen-bond acceptors (Lipinski definition) is 8. The Morgan fingerprint density at radius 1 is 0.592 bits per heavy atom. The molecule has 1 atom stereocenters. The van der Waals surface area contributed by atoms with Crippen LogP contribution in [0.15, 0.2) is 45.3 Å². The molecule has 0 amide bonds. The fourth-order valence-electron chi connectivity index (χ4n) is 8.94. The zero-order chi connectivity index (χ0) is 56.3. The van der Waals surface area contributed by atoms with Gasteiger partial charge in [0.05, 0.1) is 30.0 Å². The van der Waals surface area contributed by atoms with Crippen molar-refractivity contribution in [3.05, 3.63) is 87.4 Å². The summed E-state index contributed by atoms with van der Waals surface area (Å²) in [7, 11) is 3.63. The van der Waals surface area contributed by atoms with E-state index in [1.807, 2.05) is 19.4 Å². The fourth-order valence-corrected chi connectivity index (χ4v) is 8.94. The number of aromatic amines is 1. The number of rotatable bonds is 1. The number of oxazole rings is 1. The largest absolute Gasteiger partial charge is 0.497 e. The third-order valence-corrected chi connectivity index (χ3v) is 12.0. The minimum absolute atomic E-state index is 0.0316. The van der Waals surface area contributed by atoms with Gasteiger partial charge in [-0.15, -0.1) is 0 Å². The number of aliphatic hydroxyl groups is 1. The van der Waals surface area contributed by atoms with Crippen LogP contribution in [0.1, 0.15) is 265 Å². The molecule has 5 rings (SSSR count). The Hall–Kier alpha value is -3.63. The Labute approximate surface area is 435 Å². The van der Waals surface area contributed by atoms with Crippen molar-refractivity contribution in [1.29, 1.82) is 0 Å². The smallest absolute Gasteiger partial charge is 0.195 e. The van der Waals surface area contributed by atoms with Crippen LogP contribution in [0.25, 0.3) is 0 Å². The van der Waals surface area contributed by atoms with Gasteiger partial charge in [0.15, 0.2) is 12.2 Å². The molecule has 4 aromatic rings. The highest BCUT2D eigenvalue weighted by Crippen LogP contribution is 2.47. The maximum absolute atomic E-state index is 10.6. The van der Waals surface area contributed by atoms with Gasteiger partial charge in [-0.2, -0.15) is 0 Å². The Balaban J connectivity index is 0.000000445. The van der Waals surface area contributed by atoms with Crippen molar-refractivity contribution in [3.63, 3.8) is 0 Å². The molecule has 10 nitrogen and oxygen atoms in total. The molecule has 10 heteroatoms. The predicted molar refractivity (Wildman–Crippen MR) is 300 cm³/mol. The lowest BCUT2D eigenvalue weighted by Crippen LogP contribution is -2.45. The number of aromatic nitrogens is 5. The number of ether oxygens (including phenoxy) is 2. The number of hydrogen-bond donors (Lipinski definition) is 2. The van der Waals surface area contributed by atoms with Crippen LogP contribution in [0, 0.1) is 17.8 Å². The Morgan fingerprint density at radius 2 is 1.08 bits per heavy atom. The molecule has 2 N–H and O–H groups in total. The van der Waals surface area contributed by atoms with Crippen molar-refractivity contribution in [3.8, 4) is 0 Å². The summed E-state index contributed by atoms with van der Waals surface area (Å²) < 4.78 is 24.2. The summed E-state index contributed by atoms with van der Waals surface area (Å²) in [5.74, 6) is 1.68. The van der Waals surface area contributed by atoms with Gasteiger partial charge in [0, 0.05) is 87.2 Å². The summed E-state index contributed by atoms with van der Waals surface area (Å²) in [4.78, 5) is 12.2. The number of allylic oxidation sites excluding steroid dienone is 1. The van der Waals surface area contributed by atoms with Crippen molar-refractivity contribution >= 4 is 0 Å². The first-order valence-corrected chi connectivity index (χ1v) is 26.0. The molecule has 1 aliphatic heterocycles. The molecule has 0 spiro atoms. The van der Waals surface area contributed by atoms with Crippen LogP contribution in [0.3, 0.4) is 0 Å². The van der Waals surface area contributed by atoms with E-state index >= 15 is 0 Å². The summed E-state index contributed by atoms with van der Waals surface area (Å²) in [6.07, 6.45) is 5.99. The van der Waals surface area contributed by atoms with Crippen LogP contribution in [0.5, 0.6) is 0 Å². The molecule has 0 aromatic carbocycles. The maximum atomic E-state index is 10.6. The topological polar surface area (TPSA) is 124 Å². The third-order valence-electron chi connectivity index (χ3n) is 12.0. The van der Waals surface area contributed by atoms with E-state index < -0.39 is 5.79 Å². The van der Waals surface area contributed by atoms with E-state index in [-0.39, 0.29) is 54.1 Å². The monoisotopic (exact) mass is 992 g/mol. The molecule has 408 valence electrons. The highest BCUT2D eigenvalue weighted by molar-refractivity contribution is 5.34. The van der Waals surface area contributed by atoms with E-state index in [2.05, 4.69) is 246 Å². The lowest BCUT2D eigenvalue weighted by Gasteiger charge is -2.44. The molecule has 0 radical (unpaired) electrons. The minimum atomic E-state index is -1.20. The van der Waals surface area contributed by atoms with Gasteiger partial charge in [0.25, 0.3) is 0 Å². The molecule has 0 saturated carbocycles. The maximum Gasteiger partial charge on any atom is 0.195 e. The van der Waals surface area contributed by atoms with Crippen molar-refractivity contribution in [2.75, 3.05) is 13.7 Å². The average Bonchev–Trinajstić information content (AvgIpc) is 3.95. The number of H-pyrrole nitrogens is 1. The highest BCUT2D eigenvalue weighted by Gasteiger charge is 2.46. The van der Waals surface area contributed by atoms with Gasteiger partial charge < -0.3 is 33.1 Å². The van der Waals surface area contributed by atoms with Gasteiger partial charge in [-0.25, -0.2) is 9.97 Å². The second-order valence-electron chi connectivity index (χ2n) is 30.1. The Kier molecular flexibility index (Phi) is 20.7. The van der Waals surface area contributed by atoms with E-state index in [1.54, 1.807) is 13.5 Å². The molecule has 0 fully saturated rings. The molecule has 0 aliphatic carbocycles. The Bertz CT molecular complexity index is 2110. The van der Waals surface area contributed by atoms with Gasteiger partial charge in [-0.05, 0) is 34.8 Å². The van der Waals surface area contributed by atoms with Crippen molar-refractivity contribution in [2.45, 2.75) is 270 Å². The van der Waals surface area contributed by atoms with Crippen molar-refractivity contribution in [1.82, 2.24) is 24.7 Å². The van der Waals surface area contributed by atoms with Crippen LogP contribution in [0.4, 0.5) is 0 Å². The van der Waals surface area contributed by atoms with E-state index in [0.29, 0.717) is 13.0 Å². The molecule has 0 saturated heterocycles. The average molecular weight is 993 g/mol. The second-order valence-corrected chi connectivity index (χ2v) is 30.1. The second kappa shape index (κ2) is 22.5. The number of aryl methyl sites for hydroxylation is 2. The first-order chi connectivity index (χ1) is 31.3. The zero-order valence-corrected chi connectivity index (χ0v) is 52.1. The van der Waals surface area contributed by atoms with Crippen LogP contribution < -0.4 is 0 Å². The molecule has 0 bridgehead atoms.